The lowest BCUT2D eigenvalue weighted by Gasteiger charge is -2.37. The lowest BCUT2D eigenvalue weighted by Crippen LogP contribution is -2.54. The molecule has 0 aromatic heterocycles. The van der Waals surface area contributed by atoms with Crippen LogP contribution in [0.25, 0.3) is 0 Å². The molecule has 146 valence electrons. The molecule has 0 spiro atoms. The summed E-state index contributed by atoms with van der Waals surface area (Å²) in [4.78, 5) is 29.4. The Bertz CT molecular complexity index is 915. The van der Waals surface area contributed by atoms with Crippen LogP contribution in [-0.2, 0) is 9.53 Å². The van der Waals surface area contributed by atoms with Gasteiger partial charge in [0.15, 0.2) is 6.10 Å². The molecule has 0 bridgehead atoms. The number of ether oxygens (including phenoxy) is 2. The number of amides is 2. The quantitative estimate of drug-likeness (QED) is 0.747. The van der Waals surface area contributed by atoms with Crippen molar-refractivity contribution in [2.24, 2.45) is 0 Å². The van der Waals surface area contributed by atoms with Crippen molar-refractivity contribution in [3.63, 3.8) is 0 Å². The molecular formula is C20H18Cl2N2O4. The van der Waals surface area contributed by atoms with Crippen molar-refractivity contribution in [1.82, 2.24) is 4.90 Å². The number of morpholine rings is 1. The summed E-state index contributed by atoms with van der Waals surface area (Å²) in [6.45, 7) is 2.10. The smallest absolute Gasteiger partial charge is 0.265 e. The third-order valence-electron chi connectivity index (χ3n) is 4.78. The number of hydrogen-bond donors (Lipinski definition) is 0. The monoisotopic (exact) mass is 420 g/mol. The molecule has 0 saturated carbocycles. The Kier molecular flexibility index (Phi) is 5.44. The average Bonchev–Trinajstić information content (AvgIpc) is 2.74. The van der Waals surface area contributed by atoms with Crippen LogP contribution in [-0.4, -0.2) is 55.7 Å². The van der Waals surface area contributed by atoms with Crippen LogP contribution in [0.3, 0.4) is 0 Å². The van der Waals surface area contributed by atoms with Crippen molar-refractivity contribution in [3.05, 3.63) is 58.1 Å². The van der Waals surface area contributed by atoms with Crippen molar-refractivity contribution in [2.75, 3.05) is 37.7 Å². The number of carbonyl (C=O) groups is 2. The first-order chi connectivity index (χ1) is 13.5. The molecule has 6 nitrogen and oxygen atoms in total. The minimum absolute atomic E-state index is 0.0921. The number of carbonyl (C=O) groups excluding carboxylic acids is 2. The second-order valence-corrected chi connectivity index (χ2v) is 7.40. The Hall–Kier alpha value is -2.28. The van der Waals surface area contributed by atoms with E-state index in [4.69, 9.17) is 32.7 Å². The fourth-order valence-corrected chi connectivity index (χ4v) is 3.72. The SMILES string of the molecule is O=C(C1CN(C(=O)c2cc(Cl)ccc2Cl)c2ccccc2O1)N1CCOCC1. The Balaban J connectivity index is 1.66. The van der Waals surface area contributed by atoms with E-state index in [0.29, 0.717) is 47.8 Å². The first-order valence-electron chi connectivity index (χ1n) is 8.94. The number of rotatable bonds is 2. The Labute approximate surface area is 172 Å². The van der Waals surface area contributed by atoms with Crippen LogP contribution in [0.15, 0.2) is 42.5 Å². The minimum Gasteiger partial charge on any atom is -0.476 e. The van der Waals surface area contributed by atoms with Crippen molar-refractivity contribution in [2.45, 2.75) is 6.10 Å². The van der Waals surface area contributed by atoms with Gasteiger partial charge in [0, 0.05) is 18.1 Å². The van der Waals surface area contributed by atoms with Gasteiger partial charge in [-0.05, 0) is 30.3 Å². The largest absolute Gasteiger partial charge is 0.476 e. The number of anilines is 1. The number of para-hydroxylation sites is 2. The van der Waals surface area contributed by atoms with Gasteiger partial charge in [0.05, 0.1) is 36.0 Å². The number of halogens is 2. The number of nitrogens with zero attached hydrogens (tertiary/aromatic N) is 2. The molecule has 2 aliphatic rings. The van der Waals surface area contributed by atoms with Gasteiger partial charge >= 0.3 is 0 Å². The third-order valence-corrected chi connectivity index (χ3v) is 5.34. The van der Waals surface area contributed by atoms with Gasteiger partial charge in [-0.25, -0.2) is 0 Å². The summed E-state index contributed by atoms with van der Waals surface area (Å²) in [7, 11) is 0. The predicted molar refractivity (Wildman–Crippen MR) is 106 cm³/mol. The molecule has 0 radical (unpaired) electrons. The fourth-order valence-electron chi connectivity index (χ4n) is 3.35. The van der Waals surface area contributed by atoms with Gasteiger partial charge in [0.25, 0.3) is 11.8 Å². The maximum Gasteiger partial charge on any atom is 0.265 e. The first-order valence-corrected chi connectivity index (χ1v) is 9.69. The summed E-state index contributed by atoms with van der Waals surface area (Å²) in [6, 6.07) is 11.9. The summed E-state index contributed by atoms with van der Waals surface area (Å²) < 4.78 is 11.2. The van der Waals surface area contributed by atoms with Gasteiger partial charge in [0.1, 0.15) is 5.75 Å². The van der Waals surface area contributed by atoms with E-state index in [1.165, 1.54) is 11.0 Å². The zero-order valence-corrected chi connectivity index (χ0v) is 16.4. The zero-order chi connectivity index (χ0) is 19.7. The van der Waals surface area contributed by atoms with Crippen LogP contribution < -0.4 is 9.64 Å². The lowest BCUT2D eigenvalue weighted by molar-refractivity contribution is -0.142. The van der Waals surface area contributed by atoms with Gasteiger partial charge in [-0.2, -0.15) is 0 Å². The molecule has 2 aromatic rings. The maximum atomic E-state index is 13.3. The highest BCUT2D eigenvalue weighted by Gasteiger charge is 2.37. The summed E-state index contributed by atoms with van der Waals surface area (Å²) in [5.74, 6) is -0.0114. The normalized spacial score (nSPS) is 19.0. The predicted octanol–water partition coefficient (Wildman–Crippen LogP) is 3.26. The van der Waals surface area contributed by atoms with Crippen LogP contribution in [0.4, 0.5) is 5.69 Å². The van der Waals surface area contributed by atoms with Crippen molar-refractivity contribution < 1.29 is 19.1 Å². The molecule has 2 aromatic carbocycles. The Morgan fingerprint density at radius 1 is 1.04 bits per heavy atom. The van der Waals surface area contributed by atoms with Crippen molar-refractivity contribution in [1.29, 1.82) is 0 Å². The Morgan fingerprint density at radius 2 is 1.79 bits per heavy atom. The van der Waals surface area contributed by atoms with Gasteiger partial charge in [0.2, 0.25) is 0 Å². The molecule has 8 heteroatoms. The second-order valence-electron chi connectivity index (χ2n) is 6.55. The van der Waals surface area contributed by atoms with E-state index in [0.717, 1.165) is 0 Å². The molecule has 28 heavy (non-hydrogen) atoms. The molecule has 2 amide bonds. The van der Waals surface area contributed by atoms with Crippen molar-refractivity contribution in [3.8, 4) is 5.75 Å². The molecule has 2 heterocycles. The highest BCUT2D eigenvalue weighted by atomic mass is 35.5. The van der Waals surface area contributed by atoms with Gasteiger partial charge in [-0.3, -0.25) is 9.59 Å². The summed E-state index contributed by atoms with van der Waals surface area (Å²) in [6.07, 6.45) is -0.796. The fraction of sp³-hybridized carbons (Fsp3) is 0.300. The van der Waals surface area contributed by atoms with Crippen LogP contribution in [0.1, 0.15) is 10.4 Å². The molecule has 4 rings (SSSR count). The molecular weight excluding hydrogens is 403 g/mol. The zero-order valence-electron chi connectivity index (χ0n) is 14.9. The average molecular weight is 421 g/mol. The third kappa shape index (κ3) is 3.68. The highest BCUT2D eigenvalue weighted by Crippen LogP contribution is 2.35. The van der Waals surface area contributed by atoms with Crippen LogP contribution in [0.2, 0.25) is 10.0 Å². The van der Waals surface area contributed by atoms with Gasteiger partial charge in [-0.15, -0.1) is 0 Å². The molecule has 1 atom stereocenters. The van der Waals surface area contributed by atoms with Gasteiger partial charge < -0.3 is 19.3 Å². The van der Waals surface area contributed by atoms with Crippen LogP contribution in [0, 0.1) is 0 Å². The van der Waals surface area contributed by atoms with E-state index < -0.39 is 6.10 Å². The minimum atomic E-state index is -0.796. The summed E-state index contributed by atoms with van der Waals surface area (Å²) in [5.41, 5.74) is 0.873. The number of fused-ring (bicyclic) bond motifs is 1. The first kappa shape index (κ1) is 19.1. The maximum absolute atomic E-state index is 13.3. The van der Waals surface area contributed by atoms with Crippen LogP contribution >= 0.6 is 23.2 Å². The van der Waals surface area contributed by atoms with Crippen molar-refractivity contribution >= 4 is 40.7 Å². The van der Waals surface area contributed by atoms with E-state index in [9.17, 15) is 9.59 Å². The lowest BCUT2D eigenvalue weighted by atomic mass is 10.1. The molecule has 1 fully saturated rings. The number of hydrogen-bond acceptors (Lipinski definition) is 4. The standard InChI is InChI=1S/C20H18Cl2N2O4/c21-13-5-6-15(22)14(11-13)19(25)24-12-18(20(26)23-7-9-27-10-8-23)28-17-4-2-1-3-16(17)24/h1-6,11,18H,7-10,12H2. The summed E-state index contributed by atoms with van der Waals surface area (Å²) >= 11 is 12.3. The van der Waals surface area contributed by atoms with Gasteiger partial charge in [-0.1, -0.05) is 35.3 Å². The topological polar surface area (TPSA) is 59.1 Å². The molecule has 1 saturated heterocycles. The van der Waals surface area contributed by atoms with E-state index in [1.54, 1.807) is 35.2 Å². The Morgan fingerprint density at radius 3 is 2.57 bits per heavy atom. The highest BCUT2D eigenvalue weighted by molar-refractivity contribution is 6.36. The molecule has 0 aliphatic carbocycles. The molecule has 1 unspecified atom stereocenters. The van der Waals surface area contributed by atoms with E-state index in [-0.39, 0.29) is 23.9 Å². The number of benzene rings is 2. The second kappa shape index (κ2) is 7.99. The van der Waals surface area contributed by atoms with E-state index in [2.05, 4.69) is 0 Å². The van der Waals surface area contributed by atoms with E-state index >= 15 is 0 Å². The van der Waals surface area contributed by atoms with Crippen LogP contribution in [0.5, 0.6) is 5.75 Å². The van der Waals surface area contributed by atoms with E-state index in [1.807, 2.05) is 6.07 Å². The molecule has 0 N–H and O–H groups in total. The summed E-state index contributed by atoms with van der Waals surface area (Å²) in [5, 5.41) is 0.713. The molecule has 2 aliphatic heterocycles.